The van der Waals surface area contributed by atoms with Gasteiger partial charge < -0.3 is 29.4 Å². The first-order chi connectivity index (χ1) is 12.9. The monoisotopic (exact) mass is 414 g/mol. The van der Waals surface area contributed by atoms with Gasteiger partial charge in [0.1, 0.15) is 22.4 Å². The molecule has 0 bridgehead atoms. The topological polar surface area (TPSA) is 69.0 Å². The SMILES string of the molecule is CN=C(NCc1c(OC)cc(OC)cc1OC)NCc1cc(Cl)c(Cl)n1C. The summed E-state index contributed by atoms with van der Waals surface area (Å²) >= 11 is 12.2. The molecule has 0 aliphatic rings. The number of halogens is 2. The van der Waals surface area contributed by atoms with Gasteiger partial charge in [0.2, 0.25) is 0 Å². The fourth-order valence-corrected chi connectivity index (χ4v) is 2.99. The smallest absolute Gasteiger partial charge is 0.191 e. The van der Waals surface area contributed by atoms with Crippen LogP contribution in [0.15, 0.2) is 23.2 Å². The van der Waals surface area contributed by atoms with Crippen LogP contribution in [-0.4, -0.2) is 38.9 Å². The third kappa shape index (κ3) is 4.93. The number of nitrogens with zero attached hydrogens (tertiary/aromatic N) is 2. The summed E-state index contributed by atoms with van der Waals surface area (Å²) in [5, 5.41) is 7.50. The molecule has 9 heteroatoms. The predicted molar refractivity (Wildman–Crippen MR) is 109 cm³/mol. The lowest BCUT2D eigenvalue weighted by Crippen LogP contribution is -2.36. The minimum absolute atomic E-state index is 0.449. The molecule has 0 saturated carbocycles. The first-order valence-electron chi connectivity index (χ1n) is 8.18. The molecule has 2 N–H and O–H groups in total. The third-order valence-corrected chi connectivity index (χ3v) is 4.97. The molecule has 1 aromatic carbocycles. The Morgan fingerprint density at radius 1 is 1.00 bits per heavy atom. The van der Waals surface area contributed by atoms with E-state index in [1.807, 2.05) is 29.8 Å². The van der Waals surface area contributed by atoms with Crippen LogP contribution >= 0.6 is 23.2 Å². The third-order valence-electron chi connectivity index (χ3n) is 4.13. The molecule has 0 radical (unpaired) electrons. The van der Waals surface area contributed by atoms with Crippen molar-refractivity contribution < 1.29 is 14.2 Å². The molecule has 1 aromatic heterocycles. The van der Waals surface area contributed by atoms with Crippen LogP contribution in [0.3, 0.4) is 0 Å². The maximum absolute atomic E-state index is 6.10. The molecule has 0 aliphatic heterocycles. The minimum atomic E-state index is 0.449. The van der Waals surface area contributed by atoms with Crippen molar-refractivity contribution in [2.24, 2.45) is 12.0 Å². The van der Waals surface area contributed by atoms with E-state index in [9.17, 15) is 0 Å². The van der Waals surface area contributed by atoms with E-state index in [-0.39, 0.29) is 0 Å². The Hall–Kier alpha value is -2.25. The predicted octanol–water partition coefficient (Wildman–Crippen LogP) is 3.22. The average molecular weight is 415 g/mol. The number of aliphatic imine (C=N–C) groups is 1. The van der Waals surface area contributed by atoms with Crippen LogP contribution in [0.2, 0.25) is 10.2 Å². The Morgan fingerprint density at radius 2 is 1.59 bits per heavy atom. The fraction of sp³-hybridized carbons (Fsp3) is 0.389. The second kappa shape index (κ2) is 9.62. The van der Waals surface area contributed by atoms with Gasteiger partial charge in [-0.25, -0.2) is 0 Å². The van der Waals surface area contributed by atoms with Gasteiger partial charge in [0.15, 0.2) is 5.96 Å². The molecular weight excluding hydrogens is 391 g/mol. The van der Waals surface area contributed by atoms with Crippen LogP contribution in [0, 0.1) is 0 Å². The van der Waals surface area contributed by atoms with Crippen molar-refractivity contribution in [2.75, 3.05) is 28.4 Å². The zero-order valence-electron chi connectivity index (χ0n) is 16.0. The van der Waals surface area contributed by atoms with Gasteiger partial charge in [-0.3, -0.25) is 4.99 Å². The largest absolute Gasteiger partial charge is 0.496 e. The highest BCUT2D eigenvalue weighted by atomic mass is 35.5. The second-order valence-corrected chi connectivity index (χ2v) is 6.39. The number of hydrogen-bond donors (Lipinski definition) is 2. The molecule has 0 unspecified atom stereocenters. The summed E-state index contributed by atoms with van der Waals surface area (Å²) in [4.78, 5) is 4.23. The highest BCUT2D eigenvalue weighted by Crippen LogP contribution is 2.33. The number of nitrogens with one attached hydrogen (secondary N) is 2. The first-order valence-corrected chi connectivity index (χ1v) is 8.93. The van der Waals surface area contributed by atoms with E-state index < -0.39 is 0 Å². The lowest BCUT2D eigenvalue weighted by molar-refractivity contribution is 0.368. The van der Waals surface area contributed by atoms with Crippen molar-refractivity contribution in [3.05, 3.63) is 39.6 Å². The molecular formula is C18H24Cl2N4O3. The summed E-state index contributed by atoms with van der Waals surface area (Å²) in [5.74, 6) is 2.60. The van der Waals surface area contributed by atoms with Crippen LogP contribution in [0.4, 0.5) is 0 Å². The molecule has 0 fully saturated rings. The maximum Gasteiger partial charge on any atom is 0.191 e. The van der Waals surface area contributed by atoms with Gasteiger partial charge in [0, 0.05) is 31.9 Å². The normalized spacial score (nSPS) is 11.3. The van der Waals surface area contributed by atoms with Crippen LogP contribution in [0.5, 0.6) is 17.2 Å². The Kier molecular flexibility index (Phi) is 7.50. The van der Waals surface area contributed by atoms with Gasteiger partial charge in [0.05, 0.1) is 45.0 Å². The number of guanidine groups is 1. The van der Waals surface area contributed by atoms with E-state index in [0.29, 0.717) is 46.5 Å². The zero-order chi connectivity index (χ0) is 20.0. The number of ether oxygens (including phenoxy) is 3. The van der Waals surface area contributed by atoms with Gasteiger partial charge in [0.25, 0.3) is 0 Å². The Labute approximate surface area is 169 Å². The molecule has 0 saturated heterocycles. The lowest BCUT2D eigenvalue weighted by Gasteiger charge is -2.17. The number of hydrogen-bond acceptors (Lipinski definition) is 4. The Balaban J connectivity index is 2.08. The highest BCUT2D eigenvalue weighted by molar-refractivity contribution is 6.41. The van der Waals surface area contributed by atoms with Crippen LogP contribution in [0.25, 0.3) is 0 Å². The van der Waals surface area contributed by atoms with Crippen LogP contribution < -0.4 is 24.8 Å². The van der Waals surface area contributed by atoms with Crippen molar-refractivity contribution in [2.45, 2.75) is 13.1 Å². The Bertz CT molecular complexity index is 796. The number of methoxy groups -OCH3 is 3. The molecule has 0 aliphatic carbocycles. The van der Waals surface area contributed by atoms with Gasteiger partial charge >= 0.3 is 0 Å². The Morgan fingerprint density at radius 3 is 2.04 bits per heavy atom. The molecule has 2 aromatic rings. The second-order valence-electron chi connectivity index (χ2n) is 5.62. The summed E-state index contributed by atoms with van der Waals surface area (Å²) in [6, 6.07) is 5.44. The van der Waals surface area contributed by atoms with Crippen molar-refractivity contribution in [3.8, 4) is 17.2 Å². The average Bonchev–Trinajstić information content (AvgIpc) is 2.94. The molecule has 7 nitrogen and oxygen atoms in total. The van der Waals surface area contributed by atoms with E-state index in [0.717, 1.165) is 11.3 Å². The van der Waals surface area contributed by atoms with Crippen molar-refractivity contribution in [3.63, 3.8) is 0 Å². The molecule has 0 spiro atoms. The molecule has 0 atom stereocenters. The lowest BCUT2D eigenvalue weighted by atomic mass is 10.1. The van der Waals surface area contributed by atoms with E-state index >= 15 is 0 Å². The number of aromatic nitrogens is 1. The molecule has 2 rings (SSSR count). The molecule has 1 heterocycles. The van der Waals surface area contributed by atoms with Gasteiger partial charge in [-0.15, -0.1) is 0 Å². The van der Waals surface area contributed by atoms with E-state index in [4.69, 9.17) is 37.4 Å². The van der Waals surface area contributed by atoms with Gasteiger partial charge in [-0.1, -0.05) is 23.2 Å². The van der Waals surface area contributed by atoms with E-state index in [1.165, 1.54) is 0 Å². The molecule has 27 heavy (non-hydrogen) atoms. The summed E-state index contributed by atoms with van der Waals surface area (Å²) < 4.78 is 18.0. The van der Waals surface area contributed by atoms with E-state index in [2.05, 4.69) is 15.6 Å². The van der Waals surface area contributed by atoms with Crippen LogP contribution in [-0.2, 0) is 20.1 Å². The minimum Gasteiger partial charge on any atom is -0.496 e. The summed E-state index contributed by atoms with van der Waals surface area (Å²) in [6.07, 6.45) is 0. The highest BCUT2D eigenvalue weighted by Gasteiger charge is 2.14. The van der Waals surface area contributed by atoms with Crippen LogP contribution in [0.1, 0.15) is 11.3 Å². The van der Waals surface area contributed by atoms with Crippen molar-refractivity contribution in [1.29, 1.82) is 0 Å². The number of rotatable bonds is 7. The zero-order valence-corrected chi connectivity index (χ0v) is 17.5. The van der Waals surface area contributed by atoms with E-state index in [1.54, 1.807) is 28.4 Å². The van der Waals surface area contributed by atoms with Gasteiger partial charge in [-0.2, -0.15) is 0 Å². The number of benzene rings is 1. The molecule has 148 valence electrons. The fourth-order valence-electron chi connectivity index (χ4n) is 2.58. The summed E-state index contributed by atoms with van der Waals surface area (Å²) in [7, 11) is 8.36. The van der Waals surface area contributed by atoms with Crippen molar-refractivity contribution in [1.82, 2.24) is 15.2 Å². The molecule has 0 amide bonds. The van der Waals surface area contributed by atoms with Gasteiger partial charge in [-0.05, 0) is 6.07 Å². The first kappa shape index (κ1) is 21.1. The standard InChI is InChI=1S/C18H24Cl2N4O3/c1-21-18(22-9-11-6-14(19)17(20)24(11)2)23-10-13-15(26-4)7-12(25-3)8-16(13)27-5/h6-8H,9-10H2,1-5H3,(H2,21,22,23). The quantitative estimate of drug-likeness (QED) is 0.537. The summed E-state index contributed by atoms with van der Waals surface area (Å²) in [6.45, 7) is 0.962. The summed E-state index contributed by atoms with van der Waals surface area (Å²) in [5.41, 5.74) is 1.79. The van der Waals surface area contributed by atoms with Crippen molar-refractivity contribution >= 4 is 29.2 Å². The maximum atomic E-state index is 6.10.